The Morgan fingerprint density at radius 3 is 3.22 bits per heavy atom. The fraction of sp³-hybridized carbons (Fsp3) is 0.625. The summed E-state index contributed by atoms with van der Waals surface area (Å²) >= 11 is 0. The van der Waals surface area contributed by atoms with Gasteiger partial charge in [0.05, 0.1) is 17.6 Å². The van der Waals surface area contributed by atoms with E-state index >= 15 is 0 Å². The van der Waals surface area contributed by atoms with Crippen LogP contribution in [0.3, 0.4) is 0 Å². The van der Waals surface area contributed by atoms with E-state index in [9.17, 15) is 5.11 Å². The topological polar surface area (TPSA) is 23.1 Å². The Morgan fingerprint density at radius 1 is 1.56 bits per heavy atom. The van der Waals surface area contributed by atoms with Crippen molar-refractivity contribution in [3.05, 3.63) is 18.3 Å². The molecular weight excluding hydrogens is 112 g/mol. The van der Waals surface area contributed by atoms with E-state index in [0.29, 0.717) is 11.8 Å². The molecule has 9 heavy (non-hydrogen) atoms. The van der Waals surface area contributed by atoms with Crippen LogP contribution in [0.15, 0.2) is 11.8 Å². The second-order valence-corrected chi connectivity index (χ2v) is 2.99. The number of allylic oxidation sites excluding steroid dienone is 2. The molecule has 1 nitrogen and oxygen atoms in total. The molecule has 0 amide bonds. The van der Waals surface area contributed by atoms with Crippen molar-refractivity contribution in [3.63, 3.8) is 0 Å². The van der Waals surface area contributed by atoms with E-state index in [2.05, 4.69) is 0 Å². The smallest absolute Gasteiger partial charge is 0.0664 e. The zero-order chi connectivity index (χ0) is 6.27. The van der Waals surface area contributed by atoms with Crippen LogP contribution in [0.25, 0.3) is 0 Å². The molecule has 0 spiro atoms. The average molecular weight is 122 g/mol. The van der Waals surface area contributed by atoms with Gasteiger partial charge in [-0.2, -0.15) is 0 Å². The molecule has 0 saturated heterocycles. The van der Waals surface area contributed by atoms with Crippen molar-refractivity contribution in [2.45, 2.75) is 19.3 Å². The highest BCUT2D eigenvalue weighted by molar-refractivity contribution is 5.18. The Hall–Kier alpha value is -0.590. The van der Waals surface area contributed by atoms with Gasteiger partial charge in [0.1, 0.15) is 0 Å². The lowest BCUT2D eigenvalue weighted by molar-refractivity contribution is -0.298. The van der Waals surface area contributed by atoms with Crippen LogP contribution in [-0.4, -0.2) is 0 Å². The van der Waals surface area contributed by atoms with Crippen molar-refractivity contribution in [1.29, 1.82) is 0 Å². The van der Waals surface area contributed by atoms with E-state index in [0.717, 1.165) is 0 Å². The Balaban J connectivity index is 2.13. The lowest BCUT2D eigenvalue weighted by atomic mass is 10.0. The number of fused-ring (bicyclic) bond motifs is 1. The van der Waals surface area contributed by atoms with Gasteiger partial charge in [-0.05, 0) is 19.3 Å². The zero-order valence-corrected chi connectivity index (χ0v) is 5.34. The first-order valence-corrected chi connectivity index (χ1v) is 3.60. The fourth-order valence-electron chi connectivity index (χ4n) is 1.91. The summed E-state index contributed by atoms with van der Waals surface area (Å²) in [7, 11) is 0. The summed E-state index contributed by atoms with van der Waals surface area (Å²) in [6.45, 7) is 0. The van der Waals surface area contributed by atoms with Gasteiger partial charge in [-0.15, -0.1) is 0 Å². The van der Waals surface area contributed by atoms with Crippen molar-refractivity contribution in [2.24, 2.45) is 11.8 Å². The highest BCUT2D eigenvalue weighted by atomic mass is 16.3. The summed E-state index contributed by atoms with van der Waals surface area (Å²) in [5.74, 6) is 1.51. The third-order valence-electron chi connectivity index (χ3n) is 2.38. The molecule has 1 heteroatoms. The third-order valence-corrected chi connectivity index (χ3v) is 2.38. The molecule has 0 radical (unpaired) electrons. The largest absolute Gasteiger partial charge is 0.842 e. The molecule has 0 N–H and O–H groups in total. The molecule has 2 atom stereocenters. The molecule has 2 rings (SSSR count). The quantitative estimate of drug-likeness (QED) is 0.437. The van der Waals surface area contributed by atoms with Crippen LogP contribution < -0.4 is 5.11 Å². The van der Waals surface area contributed by atoms with Gasteiger partial charge < -0.3 is 5.11 Å². The Morgan fingerprint density at radius 2 is 2.44 bits per heavy atom. The number of hydrogen-bond acceptors (Lipinski definition) is 1. The fourth-order valence-corrected chi connectivity index (χ4v) is 1.91. The number of rotatable bonds is 0. The molecule has 0 aromatic carbocycles. The van der Waals surface area contributed by atoms with Crippen LogP contribution in [0.1, 0.15) is 19.3 Å². The first kappa shape index (κ1) is 5.21. The van der Waals surface area contributed by atoms with Gasteiger partial charge in [0, 0.05) is 12.5 Å². The Kier molecular flexibility index (Phi) is 0.981. The molecule has 2 aliphatic rings. The van der Waals surface area contributed by atoms with Crippen LogP contribution in [0.2, 0.25) is 0 Å². The maximum atomic E-state index is 10.7. The molecule has 1 saturated carbocycles. The van der Waals surface area contributed by atoms with Gasteiger partial charge >= 0.3 is 0 Å². The molecule has 0 aliphatic heterocycles. The molecule has 0 aromatic heterocycles. The first-order chi connectivity index (χ1) is 4.36. The summed E-state index contributed by atoms with van der Waals surface area (Å²) in [6.07, 6.45) is 7.57. The van der Waals surface area contributed by atoms with Gasteiger partial charge in [-0.25, -0.2) is 0 Å². The first-order valence-electron chi connectivity index (χ1n) is 3.60. The number of hydrogen-bond donors (Lipinski definition) is 0. The molecule has 0 heterocycles. The van der Waals surface area contributed by atoms with Crippen LogP contribution in [0, 0.1) is 18.3 Å². The molecule has 2 unspecified atom stereocenters. The minimum atomic E-state index is 0.268. The second-order valence-electron chi connectivity index (χ2n) is 2.99. The summed E-state index contributed by atoms with van der Waals surface area (Å²) in [5, 5.41) is 10.7. The van der Waals surface area contributed by atoms with Crippen LogP contribution in [0.5, 0.6) is 0 Å². The van der Waals surface area contributed by atoms with E-state index in [4.69, 9.17) is 0 Å². The predicted octanol–water partition coefficient (Wildman–Crippen LogP) is 0.865. The van der Waals surface area contributed by atoms with Gasteiger partial charge in [0.15, 0.2) is 0 Å². The van der Waals surface area contributed by atoms with Crippen molar-refractivity contribution >= 4 is 0 Å². The standard InChI is InChI=1S/C8H10O/c9-8-4-6-2-1-3-7(6)5-8/h4-7H,1-3H2. The SMILES string of the molecule is [O-]C1=CC2CCCC2[CH+]1. The summed E-state index contributed by atoms with van der Waals surface area (Å²) in [6, 6.07) is 0. The van der Waals surface area contributed by atoms with Gasteiger partial charge in [-0.3, -0.25) is 0 Å². The summed E-state index contributed by atoms with van der Waals surface area (Å²) in [4.78, 5) is 0. The summed E-state index contributed by atoms with van der Waals surface area (Å²) in [5.41, 5.74) is 0. The van der Waals surface area contributed by atoms with Gasteiger partial charge in [-0.1, -0.05) is 0 Å². The minimum Gasteiger partial charge on any atom is -0.842 e. The van der Waals surface area contributed by atoms with E-state index in [-0.39, 0.29) is 5.76 Å². The molecule has 1 fully saturated rings. The van der Waals surface area contributed by atoms with Crippen LogP contribution >= 0.6 is 0 Å². The average Bonchev–Trinajstić information content (AvgIpc) is 2.22. The third kappa shape index (κ3) is 0.716. The molecular formula is C8H10O. The van der Waals surface area contributed by atoms with E-state index in [1.165, 1.54) is 19.3 Å². The Labute approximate surface area is 55.4 Å². The molecule has 0 aromatic rings. The zero-order valence-electron chi connectivity index (χ0n) is 5.34. The predicted molar refractivity (Wildman–Crippen MR) is 33.2 cm³/mol. The monoisotopic (exact) mass is 122 g/mol. The van der Waals surface area contributed by atoms with Gasteiger partial charge in [0.2, 0.25) is 0 Å². The van der Waals surface area contributed by atoms with E-state index in [1.807, 2.05) is 12.5 Å². The highest BCUT2D eigenvalue weighted by Gasteiger charge is 2.36. The maximum absolute atomic E-state index is 10.7. The Bertz CT molecular complexity index is 149. The van der Waals surface area contributed by atoms with E-state index in [1.54, 1.807) is 0 Å². The van der Waals surface area contributed by atoms with E-state index < -0.39 is 0 Å². The normalized spacial score (nSPS) is 39.8. The molecule has 2 aliphatic carbocycles. The van der Waals surface area contributed by atoms with Crippen LogP contribution in [-0.2, 0) is 0 Å². The van der Waals surface area contributed by atoms with Crippen molar-refractivity contribution in [3.8, 4) is 0 Å². The van der Waals surface area contributed by atoms with Crippen molar-refractivity contribution in [2.75, 3.05) is 0 Å². The minimum absolute atomic E-state index is 0.268. The lowest BCUT2D eigenvalue weighted by Gasteiger charge is -1.99. The second kappa shape index (κ2) is 1.69. The molecule has 0 bridgehead atoms. The van der Waals surface area contributed by atoms with Crippen LogP contribution in [0.4, 0.5) is 0 Å². The lowest BCUT2D eigenvalue weighted by Crippen LogP contribution is -2.03. The van der Waals surface area contributed by atoms with Crippen molar-refractivity contribution < 1.29 is 5.11 Å². The highest BCUT2D eigenvalue weighted by Crippen LogP contribution is 2.40. The van der Waals surface area contributed by atoms with Crippen molar-refractivity contribution in [1.82, 2.24) is 0 Å². The molecule has 48 valence electrons. The maximum Gasteiger partial charge on any atom is 0.0664 e. The summed E-state index contributed by atoms with van der Waals surface area (Å²) < 4.78 is 0. The van der Waals surface area contributed by atoms with Gasteiger partial charge in [0.25, 0.3) is 0 Å².